The molecule has 0 bridgehead atoms. The van der Waals surface area contributed by atoms with Gasteiger partial charge in [-0.2, -0.15) is 0 Å². The summed E-state index contributed by atoms with van der Waals surface area (Å²) >= 11 is 0. The van der Waals surface area contributed by atoms with Crippen LogP contribution < -0.4 is 16.4 Å². The second-order valence-corrected chi connectivity index (χ2v) is 5.50. The Kier molecular flexibility index (Phi) is 7.99. The number of amides is 1. The van der Waals surface area contributed by atoms with Gasteiger partial charge in [0.25, 0.3) is 5.91 Å². The number of carbonyl (C=O) groups excluding carboxylic acids is 1. The molecule has 1 saturated heterocycles. The molecule has 0 radical (unpaired) electrons. The molecule has 24 heavy (non-hydrogen) atoms. The molecular formula is C16H26N6O2. The number of morpholine rings is 1. The summed E-state index contributed by atoms with van der Waals surface area (Å²) in [6, 6.07) is 3.45. The second-order valence-electron chi connectivity index (χ2n) is 5.50. The van der Waals surface area contributed by atoms with Crippen LogP contribution in [-0.2, 0) is 4.74 Å². The highest BCUT2D eigenvalue weighted by Gasteiger charge is 2.08. The maximum atomic E-state index is 11.8. The molecule has 4 N–H and O–H groups in total. The predicted octanol–water partition coefficient (Wildman–Crippen LogP) is -0.562. The highest BCUT2D eigenvalue weighted by Crippen LogP contribution is 1.98. The second kappa shape index (κ2) is 10.6. The maximum absolute atomic E-state index is 11.8. The maximum Gasteiger partial charge on any atom is 0.252 e. The van der Waals surface area contributed by atoms with Crippen molar-refractivity contribution in [1.29, 1.82) is 0 Å². The van der Waals surface area contributed by atoms with Gasteiger partial charge in [0.05, 0.1) is 18.8 Å². The molecular weight excluding hydrogens is 308 g/mol. The quantitative estimate of drug-likeness (QED) is 0.334. The summed E-state index contributed by atoms with van der Waals surface area (Å²) < 4.78 is 5.31. The number of nitrogens with one attached hydrogen (secondary N) is 2. The summed E-state index contributed by atoms with van der Waals surface area (Å²) in [4.78, 5) is 22.4. The fourth-order valence-electron chi connectivity index (χ4n) is 2.34. The van der Waals surface area contributed by atoms with Crippen LogP contribution in [0.2, 0.25) is 0 Å². The largest absolute Gasteiger partial charge is 0.379 e. The van der Waals surface area contributed by atoms with Gasteiger partial charge in [0.1, 0.15) is 0 Å². The van der Waals surface area contributed by atoms with Gasteiger partial charge in [0.2, 0.25) is 0 Å². The van der Waals surface area contributed by atoms with E-state index in [-0.39, 0.29) is 5.91 Å². The van der Waals surface area contributed by atoms with Crippen LogP contribution in [0.1, 0.15) is 16.8 Å². The number of carbonyl (C=O) groups is 1. The van der Waals surface area contributed by atoms with Crippen molar-refractivity contribution >= 4 is 11.9 Å². The third kappa shape index (κ3) is 6.93. The van der Waals surface area contributed by atoms with E-state index < -0.39 is 0 Å². The number of aromatic nitrogens is 1. The smallest absolute Gasteiger partial charge is 0.252 e. The normalized spacial score (nSPS) is 15.9. The minimum atomic E-state index is -0.147. The van der Waals surface area contributed by atoms with Crippen LogP contribution >= 0.6 is 0 Å². The SMILES string of the molecule is NC(=NCCCN1CCOCC1)NCCNC(=O)c1cccnc1. The third-order valence-corrected chi connectivity index (χ3v) is 3.66. The van der Waals surface area contributed by atoms with Crippen molar-refractivity contribution in [2.75, 3.05) is 52.5 Å². The predicted molar refractivity (Wildman–Crippen MR) is 92.9 cm³/mol. The first-order chi connectivity index (χ1) is 11.8. The molecule has 0 unspecified atom stereocenters. The van der Waals surface area contributed by atoms with Gasteiger partial charge >= 0.3 is 0 Å². The molecule has 0 spiro atoms. The van der Waals surface area contributed by atoms with Gasteiger partial charge in [0.15, 0.2) is 5.96 Å². The van der Waals surface area contributed by atoms with Crippen molar-refractivity contribution in [3.05, 3.63) is 30.1 Å². The molecule has 1 fully saturated rings. The van der Waals surface area contributed by atoms with E-state index in [1.807, 2.05) is 0 Å². The number of hydrogen-bond donors (Lipinski definition) is 3. The highest BCUT2D eigenvalue weighted by molar-refractivity contribution is 5.93. The van der Waals surface area contributed by atoms with E-state index in [0.29, 0.717) is 31.2 Å². The molecule has 0 saturated carbocycles. The van der Waals surface area contributed by atoms with E-state index in [4.69, 9.17) is 10.5 Å². The first-order valence-electron chi connectivity index (χ1n) is 8.28. The fourth-order valence-corrected chi connectivity index (χ4v) is 2.34. The number of ether oxygens (including phenoxy) is 1. The van der Waals surface area contributed by atoms with Crippen molar-refractivity contribution in [2.45, 2.75) is 6.42 Å². The van der Waals surface area contributed by atoms with Gasteiger partial charge < -0.3 is 21.1 Å². The Hall–Kier alpha value is -2.19. The molecule has 0 aromatic carbocycles. The Labute approximate surface area is 142 Å². The van der Waals surface area contributed by atoms with Crippen molar-refractivity contribution in [1.82, 2.24) is 20.5 Å². The van der Waals surface area contributed by atoms with Gasteiger partial charge in [-0.1, -0.05) is 0 Å². The molecule has 1 amide bonds. The number of aliphatic imine (C=N–C) groups is 1. The molecule has 0 atom stereocenters. The summed E-state index contributed by atoms with van der Waals surface area (Å²) in [5.41, 5.74) is 6.35. The number of hydrogen-bond acceptors (Lipinski definition) is 5. The zero-order valence-electron chi connectivity index (χ0n) is 13.9. The average Bonchev–Trinajstić information content (AvgIpc) is 2.64. The van der Waals surface area contributed by atoms with Crippen LogP contribution in [0, 0.1) is 0 Å². The van der Waals surface area contributed by atoms with E-state index in [9.17, 15) is 4.79 Å². The van der Waals surface area contributed by atoms with Crippen LogP contribution in [-0.4, -0.2) is 74.2 Å². The number of rotatable bonds is 8. The van der Waals surface area contributed by atoms with E-state index in [1.165, 1.54) is 6.20 Å². The number of pyridine rings is 1. The third-order valence-electron chi connectivity index (χ3n) is 3.66. The lowest BCUT2D eigenvalue weighted by molar-refractivity contribution is 0.0377. The number of nitrogens with zero attached hydrogens (tertiary/aromatic N) is 3. The molecule has 1 aromatic heterocycles. The van der Waals surface area contributed by atoms with Gasteiger partial charge in [-0.3, -0.25) is 19.7 Å². The first-order valence-corrected chi connectivity index (χ1v) is 8.28. The summed E-state index contributed by atoms with van der Waals surface area (Å²) in [6.07, 6.45) is 4.14. The lowest BCUT2D eigenvalue weighted by atomic mass is 10.3. The van der Waals surface area contributed by atoms with E-state index in [1.54, 1.807) is 18.3 Å². The zero-order valence-corrected chi connectivity index (χ0v) is 13.9. The summed E-state index contributed by atoms with van der Waals surface area (Å²) in [7, 11) is 0. The number of guanidine groups is 1. The van der Waals surface area contributed by atoms with E-state index in [2.05, 4.69) is 25.5 Å². The monoisotopic (exact) mass is 334 g/mol. The summed E-state index contributed by atoms with van der Waals surface area (Å²) in [5.74, 6) is 0.263. The molecule has 8 nitrogen and oxygen atoms in total. The lowest BCUT2D eigenvalue weighted by Gasteiger charge is -2.26. The summed E-state index contributed by atoms with van der Waals surface area (Å²) in [5, 5.41) is 5.79. The van der Waals surface area contributed by atoms with Crippen LogP contribution in [0.15, 0.2) is 29.5 Å². The summed E-state index contributed by atoms with van der Waals surface area (Å²) in [6.45, 7) is 6.33. The Bertz CT molecular complexity index is 517. The van der Waals surface area contributed by atoms with E-state index in [0.717, 1.165) is 39.3 Å². The minimum absolute atomic E-state index is 0.147. The molecule has 1 aliphatic rings. The molecule has 2 heterocycles. The van der Waals surface area contributed by atoms with Gasteiger partial charge in [-0.25, -0.2) is 0 Å². The van der Waals surface area contributed by atoms with Crippen LogP contribution in [0.3, 0.4) is 0 Å². The van der Waals surface area contributed by atoms with Crippen molar-refractivity contribution in [3.63, 3.8) is 0 Å². The Morgan fingerprint density at radius 3 is 2.88 bits per heavy atom. The van der Waals surface area contributed by atoms with Gasteiger partial charge in [-0.05, 0) is 18.6 Å². The molecule has 8 heteroatoms. The van der Waals surface area contributed by atoms with Gasteiger partial charge in [-0.15, -0.1) is 0 Å². The Morgan fingerprint density at radius 2 is 2.12 bits per heavy atom. The molecule has 132 valence electrons. The molecule has 0 aliphatic carbocycles. The lowest BCUT2D eigenvalue weighted by Crippen LogP contribution is -2.39. The fraction of sp³-hybridized carbons (Fsp3) is 0.562. The molecule has 1 aromatic rings. The van der Waals surface area contributed by atoms with Crippen molar-refractivity contribution < 1.29 is 9.53 Å². The number of nitrogens with two attached hydrogens (primary N) is 1. The zero-order chi connectivity index (χ0) is 17.0. The van der Waals surface area contributed by atoms with Gasteiger partial charge in [0, 0.05) is 51.7 Å². The Balaban J connectivity index is 1.52. The van der Waals surface area contributed by atoms with E-state index >= 15 is 0 Å². The molecule has 1 aliphatic heterocycles. The standard InChI is InChI=1S/C16H26N6O2/c17-16(20-5-2-8-22-9-11-24-12-10-22)21-7-6-19-15(23)14-3-1-4-18-13-14/h1,3-4,13H,2,5-12H2,(H,19,23)(H3,17,20,21). The Morgan fingerprint density at radius 1 is 1.33 bits per heavy atom. The van der Waals surface area contributed by atoms with Crippen molar-refractivity contribution in [2.24, 2.45) is 10.7 Å². The average molecular weight is 334 g/mol. The van der Waals surface area contributed by atoms with Crippen LogP contribution in [0.25, 0.3) is 0 Å². The van der Waals surface area contributed by atoms with Crippen molar-refractivity contribution in [3.8, 4) is 0 Å². The topological polar surface area (TPSA) is 105 Å². The van der Waals surface area contributed by atoms with Crippen LogP contribution in [0.4, 0.5) is 0 Å². The van der Waals surface area contributed by atoms with Crippen LogP contribution in [0.5, 0.6) is 0 Å². The first kappa shape index (κ1) is 18.2. The highest BCUT2D eigenvalue weighted by atomic mass is 16.5. The minimum Gasteiger partial charge on any atom is -0.379 e. The molecule has 2 rings (SSSR count).